The van der Waals surface area contributed by atoms with Gasteiger partial charge in [-0.3, -0.25) is 0 Å². The first-order valence-corrected chi connectivity index (χ1v) is 7.03. The van der Waals surface area contributed by atoms with E-state index in [4.69, 9.17) is 10.5 Å². The summed E-state index contributed by atoms with van der Waals surface area (Å²) in [5.41, 5.74) is 6.94. The molecule has 0 aliphatic rings. The average molecular weight is 322 g/mol. The molecule has 1 aromatic heterocycles. The molecule has 0 amide bonds. The number of hydrogen-bond acceptors (Lipinski definition) is 4. The number of anilines is 1. The Morgan fingerprint density at radius 1 is 1.21 bits per heavy atom. The largest absolute Gasteiger partial charge is 0.424 e. The van der Waals surface area contributed by atoms with Crippen LogP contribution in [0.4, 0.5) is 5.82 Å². The Labute approximate surface area is 121 Å². The van der Waals surface area contributed by atoms with Gasteiger partial charge in [0.15, 0.2) is 0 Å². The number of nitrogens with zero attached hydrogens (tertiary/aromatic N) is 2. The Morgan fingerprint density at radius 2 is 1.95 bits per heavy atom. The molecule has 2 rings (SSSR count). The number of halogens is 1. The Hall–Kier alpha value is -1.62. The molecule has 5 heteroatoms. The molecule has 100 valence electrons. The number of benzene rings is 1. The minimum absolute atomic E-state index is 0.244. The monoisotopic (exact) mass is 321 g/mol. The second kappa shape index (κ2) is 6.52. The second-order valence-corrected chi connectivity index (χ2v) is 5.06. The van der Waals surface area contributed by atoms with Gasteiger partial charge < -0.3 is 10.5 Å². The van der Waals surface area contributed by atoms with E-state index < -0.39 is 0 Å². The lowest BCUT2D eigenvalue weighted by atomic mass is 10.1. The van der Waals surface area contributed by atoms with E-state index >= 15 is 0 Å². The third-order valence-electron chi connectivity index (χ3n) is 2.65. The van der Waals surface area contributed by atoms with Crippen LogP contribution in [0.2, 0.25) is 0 Å². The number of rotatable bonds is 5. The lowest BCUT2D eigenvalue weighted by Gasteiger charge is -2.06. The van der Waals surface area contributed by atoms with E-state index in [1.807, 2.05) is 12.1 Å². The quantitative estimate of drug-likeness (QED) is 0.847. The summed E-state index contributed by atoms with van der Waals surface area (Å²) < 4.78 is 6.17. The van der Waals surface area contributed by atoms with Crippen molar-refractivity contribution < 1.29 is 4.74 Å². The normalized spacial score (nSPS) is 10.4. The molecule has 19 heavy (non-hydrogen) atoms. The first kappa shape index (κ1) is 13.8. The first-order valence-electron chi connectivity index (χ1n) is 6.24. The molecule has 2 N–H and O–H groups in total. The first-order chi connectivity index (χ1) is 9.17. The fourth-order valence-corrected chi connectivity index (χ4v) is 2.06. The summed E-state index contributed by atoms with van der Waals surface area (Å²) in [5, 5.41) is 0. The highest BCUT2D eigenvalue weighted by molar-refractivity contribution is 9.10. The van der Waals surface area contributed by atoms with Crippen LogP contribution in [0.1, 0.15) is 25.3 Å². The lowest BCUT2D eigenvalue weighted by molar-refractivity contribution is 0.441. The van der Waals surface area contributed by atoms with Crippen molar-refractivity contribution in [2.45, 2.75) is 26.2 Å². The number of aromatic nitrogens is 2. The van der Waals surface area contributed by atoms with Crippen molar-refractivity contribution in [1.29, 1.82) is 0 Å². The van der Waals surface area contributed by atoms with Crippen molar-refractivity contribution in [3.8, 4) is 11.8 Å². The summed E-state index contributed by atoms with van der Waals surface area (Å²) in [6, 6.07) is 9.84. The van der Waals surface area contributed by atoms with E-state index in [-0.39, 0.29) is 6.01 Å². The molecular formula is C14H16BrN3O. The second-order valence-electron chi connectivity index (χ2n) is 4.25. The smallest absolute Gasteiger partial charge is 0.325 e. The van der Waals surface area contributed by atoms with Gasteiger partial charge in [-0.2, -0.15) is 9.97 Å². The van der Waals surface area contributed by atoms with Gasteiger partial charge in [0.25, 0.3) is 0 Å². The summed E-state index contributed by atoms with van der Waals surface area (Å²) in [5.74, 6) is 1.08. The third kappa shape index (κ3) is 4.21. The van der Waals surface area contributed by atoms with Crippen molar-refractivity contribution in [2.75, 3.05) is 5.73 Å². The predicted molar refractivity (Wildman–Crippen MR) is 79.3 cm³/mol. The number of unbranched alkanes of at least 4 members (excludes halogenated alkanes) is 1. The van der Waals surface area contributed by atoms with Crippen molar-refractivity contribution in [1.82, 2.24) is 9.97 Å². The maximum absolute atomic E-state index is 5.63. The molecule has 0 radical (unpaired) electrons. The summed E-state index contributed by atoms with van der Waals surface area (Å²) in [4.78, 5) is 8.12. The zero-order valence-electron chi connectivity index (χ0n) is 10.8. The van der Waals surface area contributed by atoms with Crippen LogP contribution in [0, 0.1) is 0 Å². The van der Waals surface area contributed by atoms with Gasteiger partial charge in [0.2, 0.25) is 0 Å². The number of hydrogen-bond donors (Lipinski definition) is 1. The van der Waals surface area contributed by atoms with Crippen LogP contribution in [-0.2, 0) is 6.42 Å². The molecule has 0 saturated carbocycles. The summed E-state index contributed by atoms with van der Waals surface area (Å²) in [6.45, 7) is 2.19. The minimum atomic E-state index is 0.244. The van der Waals surface area contributed by atoms with Crippen molar-refractivity contribution in [3.63, 3.8) is 0 Å². The number of ether oxygens (including phenoxy) is 1. The van der Waals surface area contributed by atoms with Gasteiger partial charge in [0.1, 0.15) is 16.2 Å². The van der Waals surface area contributed by atoms with E-state index in [0.29, 0.717) is 16.2 Å². The van der Waals surface area contributed by atoms with Crippen LogP contribution in [0.15, 0.2) is 34.9 Å². The van der Waals surface area contributed by atoms with Gasteiger partial charge in [-0.15, -0.1) is 0 Å². The highest BCUT2D eigenvalue weighted by atomic mass is 79.9. The minimum Gasteiger partial charge on any atom is -0.424 e. The SMILES string of the molecule is CCCCc1ccc(Oc2nc(N)cc(Br)n2)cc1. The fraction of sp³-hybridized carbons (Fsp3) is 0.286. The molecule has 0 saturated heterocycles. The molecule has 0 spiro atoms. The Kier molecular flexibility index (Phi) is 4.74. The molecule has 0 unspecified atom stereocenters. The molecular weight excluding hydrogens is 306 g/mol. The predicted octanol–water partition coefficient (Wildman–Crippen LogP) is 3.96. The highest BCUT2D eigenvalue weighted by Crippen LogP contribution is 2.21. The van der Waals surface area contributed by atoms with Gasteiger partial charge in [-0.1, -0.05) is 25.5 Å². The third-order valence-corrected chi connectivity index (χ3v) is 3.05. The zero-order valence-corrected chi connectivity index (χ0v) is 12.4. The Bertz CT molecular complexity index is 523. The van der Waals surface area contributed by atoms with Crippen molar-refractivity contribution >= 4 is 21.7 Å². The molecule has 0 aliphatic carbocycles. The summed E-state index contributed by atoms with van der Waals surface area (Å²) >= 11 is 3.26. The van der Waals surface area contributed by atoms with Gasteiger partial charge in [0, 0.05) is 6.07 Å². The lowest BCUT2D eigenvalue weighted by Crippen LogP contribution is -1.97. The van der Waals surface area contributed by atoms with Crippen LogP contribution in [-0.4, -0.2) is 9.97 Å². The molecule has 4 nitrogen and oxygen atoms in total. The zero-order chi connectivity index (χ0) is 13.7. The molecule has 0 bridgehead atoms. The summed E-state index contributed by atoms with van der Waals surface area (Å²) in [7, 11) is 0. The Balaban J connectivity index is 2.06. The Morgan fingerprint density at radius 3 is 2.58 bits per heavy atom. The molecule has 2 aromatic rings. The molecule has 0 fully saturated rings. The van der Waals surface area contributed by atoms with Crippen LogP contribution < -0.4 is 10.5 Å². The molecule has 0 atom stereocenters. The fourth-order valence-electron chi connectivity index (χ4n) is 1.67. The highest BCUT2D eigenvalue weighted by Gasteiger charge is 2.03. The van der Waals surface area contributed by atoms with Crippen molar-refractivity contribution in [3.05, 3.63) is 40.5 Å². The van der Waals surface area contributed by atoms with Crippen LogP contribution in [0.25, 0.3) is 0 Å². The number of nitrogen functional groups attached to an aromatic ring is 1. The van der Waals surface area contributed by atoms with Gasteiger partial charge in [-0.25, -0.2) is 0 Å². The maximum Gasteiger partial charge on any atom is 0.325 e. The van der Waals surface area contributed by atoms with E-state index in [0.717, 1.165) is 6.42 Å². The van der Waals surface area contributed by atoms with Crippen LogP contribution in [0.3, 0.4) is 0 Å². The topological polar surface area (TPSA) is 61.0 Å². The molecule has 1 heterocycles. The average Bonchev–Trinajstić information content (AvgIpc) is 2.37. The van der Waals surface area contributed by atoms with E-state index in [1.165, 1.54) is 18.4 Å². The molecule has 0 aliphatic heterocycles. The summed E-state index contributed by atoms with van der Waals surface area (Å²) in [6.07, 6.45) is 3.49. The maximum atomic E-state index is 5.63. The number of nitrogens with two attached hydrogens (primary N) is 1. The standard InChI is InChI=1S/C14H16BrN3O/c1-2-3-4-10-5-7-11(8-6-10)19-14-17-12(15)9-13(16)18-14/h5-9H,2-4H2,1H3,(H2,16,17,18). The van der Waals surface area contributed by atoms with Gasteiger partial charge >= 0.3 is 6.01 Å². The van der Waals surface area contributed by atoms with Crippen molar-refractivity contribution in [2.24, 2.45) is 0 Å². The van der Waals surface area contributed by atoms with Crippen LogP contribution in [0.5, 0.6) is 11.8 Å². The van der Waals surface area contributed by atoms with E-state index in [1.54, 1.807) is 6.07 Å². The number of aryl methyl sites for hydroxylation is 1. The van der Waals surface area contributed by atoms with E-state index in [9.17, 15) is 0 Å². The van der Waals surface area contributed by atoms with Gasteiger partial charge in [0.05, 0.1) is 0 Å². The van der Waals surface area contributed by atoms with Crippen LogP contribution >= 0.6 is 15.9 Å². The van der Waals surface area contributed by atoms with E-state index in [2.05, 4.69) is 45.0 Å². The molecule has 1 aromatic carbocycles. The van der Waals surface area contributed by atoms with Gasteiger partial charge in [-0.05, 0) is 46.5 Å².